The molecule has 1 fully saturated rings. The monoisotopic (exact) mass is 200 g/mol. The lowest BCUT2D eigenvalue weighted by Gasteiger charge is -2.09. The molecule has 0 saturated carbocycles. The Morgan fingerprint density at radius 1 is 1.79 bits per heavy atom. The van der Waals surface area contributed by atoms with E-state index in [-0.39, 0.29) is 12.5 Å². The van der Waals surface area contributed by atoms with Gasteiger partial charge in [-0.2, -0.15) is 0 Å². The average molecular weight is 200 g/mol. The van der Waals surface area contributed by atoms with Crippen molar-refractivity contribution in [3.63, 3.8) is 0 Å². The normalized spacial score (nSPS) is 21.4. The molecule has 0 amide bonds. The molecule has 80 valence electrons. The number of hydrogen-bond acceptors (Lipinski definition) is 4. The first kappa shape index (κ1) is 11.2. The summed E-state index contributed by atoms with van der Waals surface area (Å²) in [4.78, 5) is 11.2. The molecule has 2 atom stereocenters. The van der Waals surface area contributed by atoms with Crippen LogP contribution in [0.2, 0.25) is 0 Å². The Morgan fingerprint density at radius 3 is 2.93 bits per heavy atom. The van der Waals surface area contributed by atoms with Gasteiger partial charge < -0.3 is 14.6 Å². The smallest absolute Gasteiger partial charge is 0.333 e. The number of esters is 1. The van der Waals surface area contributed by atoms with Crippen molar-refractivity contribution in [1.82, 2.24) is 0 Å². The highest BCUT2D eigenvalue weighted by Crippen LogP contribution is 2.12. The topological polar surface area (TPSA) is 59.1 Å². The van der Waals surface area contributed by atoms with Gasteiger partial charge in [0.25, 0.3) is 0 Å². The van der Waals surface area contributed by atoms with E-state index in [0.717, 1.165) is 0 Å². The Kier molecular flexibility index (Phi) is 4.10. The number of aliphatic hydroxyl groups excluding tert-OH is 1. The molecular formula is C10H16O4. The van der Waals surface area contributed by atoms with Gasteiger partial charge in [0.15, 0.2) is 0 Å². The molecule has 1 aliphatic rings. The lowest BCUT2D eigenvalue weighted by Crippen LogP contribution is -2.15. The number of epoxide rings is 1. The van der Waals surface area contributed by atoms with Crippen LogP contribution in [0.3, 0.4) is 0 Å². The van der Waals surface area contributed by atoms with E-state index in [1.807, 2.05) is 6.92 Å². The van der Waals surface area contributed by atoms with Crippen molar-refractivity contribution in [2.75, 3.05) is 13.2 Å². The zero-order chi connectivity index (χ0) is 10.6. The highest BCUT2D eigenvalue weighted by atomic mass is 16.6. The Labute approximate surface area is 83.5 Å². The van der Waals surface area contributed by atoms with Crippen LogP contribution >= 0.6 is 0 Å². The summed E-state index contributed by atoms with van der Waals surface area (Å²) in [5, 5.41) is 9.27. The van der Waals surface area contributed by atoms with Gasteiger partial charge in [0, 0.05) is 12.0 Å². The number of rotatable bonds is 6. The fourth-order valence-electron chi connectivity index (χ4n) is 0.947. The molecule has 1 aliphatic heterocycles. The number of hydrogen-bond donors (Lipinski definition) is 1. The Morgan fingerprint density at radius 2 is 2.43 bits per heavy atom. The van der Waals surface area contributed by atoms with Gasteiger partial charge in [-0.1, -0.05) is 13.5 Å². The molecule has 0 aromatic carbocycles. The van der Waals surface area contributed by atoms with Gasteiger partial charge in [-0.15, -0.1) is 0 Å². The SMILES string of the molecule is C=C(CC(O)CC)C(=O)OCC1CO1. The summed E-state index contributed by atoms with van der Waals surface area (Å²) in [5.41, 5.74) is 0.319. The highest BCUT2D eigenvalue weighted by molar-refractivity contribution is 5.87. The van der Waals surface area contributed by atoms with Gasteiger partial charge in [0.05, 0.1) is 12.7 Å². The highest BCUT2D eigenvalue weighted by Gasteiger charge is 2.24. The minimum Gasteiger partial charge on any atom is -0.459 e. The number of carbonyl (C=O) groups is 1. The first-order valence-corrected chi connectivity index (χ1v) is 4.78. The molecule has 0 radical (unpaired) electrons. The molecule has 14 heavy (non-hydrogen) atoms. The van der Waals surface area contributed by atoms with E-state index in [4.69, 9.17) is 9.47 Å². The lowest BCUT2D eigenvalue weighted by molar-refractivity contribution is -0.139. The molecule has 4 heteroatoms. The summed E-state index contributed by atoms with van der Waals surface area (Å²) in [6, 6.07) is 0. The predicted octanol–water partition coefficient (Wildman–Crippen LogP) is 0.646. The van der Waals surface area contributed by atoms with Crippen molar-refractivity contribution in [3.8, 4) is 0 Å². The summed E-state index contributed by atoms with van der Waals surface area (Å²) in [5.74, 6) is -0.437. The molecular weight excluding hydrogens is 184 g/mol. The Bertz CT molecular complexity index is 220. The van der Waals surface area contributed by atoms with Crippen LogP contribution in [0.4, 0.5) is 0 Å². The zero-order valence-electron chi connectivity index (χ0n) is 8.36. The standard InChI is InChI=1S/C10H16O4/c1-3-8(11)4-7(2)10(12)14-6-9-5-13-9/h8-9,11H,2-6H2,1H3. The van der Waals surface area contributed by atoms with Crippen molar-refractivity contribution in [2.45, 2.75) is 32.0 Å². The van der Waals surface area contributed by atoms with Crippen LogP contribution in [0.5, 0.6) is 0 Å². The van der Waals surface area contributed by atoms with Gasteiger partial charge in [-0.3, -0.25) is 0 Å². The molecule has 0 aromatic rings. The van der Waals surface area contributed by atoms with Crippen molar-refractivity contribution in [3.05, 3.63) is 12.2 Å². The van der Waals surface area contributed by atoms with Crippen molar-refractivity contribution < 1.29 is 19.4 Å². The second-order valence-corrected chi connectivity index (χ2v) is 3.42. The van der Waals surface area contributed by atoms with Crippen LogP contribution in [-0.2, 0) is 14.3 Å². The molecule has 0 aliphatic carbocycles. The Hall–Kier alpha value is -0.870. The molecule has 4 nitrogen and oxygen atoms in total. The maximum Gasteiger partial charge on any atom is 0.333 e. The number of carbonyl (C=O) groups excluding carboxylic acids is 1. The van der Waals surface area contributed by atoms with E-state index >= 15 is 0 Å². The number of aliphatic hydroxyl groups is 1. The lowest BCUT2D eigenvalue weighted by atomic mass is 10.1. The first-order chi connectivity index (χ1) is 6.63. The zero-order valence-corrected chi connectivity index (χ0v) is 8.36. The third-order valence-electron chi connectivity index (χ3n) is 2.04. The Balaban J connectivity index is 2.17. The molecule has 1 N–H and O–H groups in total. The second-order valence-electron chi connectivity index (χ2n) is 3.42. The van der Waals surface area contributed by atoms with Crippen LogP contribution in [0.15, 0.2) is 12.2 Å². The quantitative estimate of drug-likeness (QED) is 0.388. The predicted molar refractivity (Wildman–Crippen MR) is 50.8 cm³/mol. The molecule has 1 rings (SSSR count). The van der Waals surface area contributed by atoms with Crippen LogP contribution in [0, 0.1) is 0 Å². The number of ether oxygens (including phenoxy) is 2. The summed E-state index contributed by atoms with van der Waals surface area (Å²) < 4.78 is 9.78. The summed E-state index contributed by atoms with van der Waals surface area (Å²) in [6.07, 6.45) is 0.453. The summed E-state index contributed by atoms with van der Waals surface area (Å²) >= 11 is 0. The van der Waals surface area contributed by atoms with Crippen LogP contribution in [-0.4, -0.2) is 36.5 Å². The fraction of sp³-hybridized carbons (Fsp3) is 0.700. The van der Waals surface area contributed by atoms with Crippen molar-refractivity contribution in [2.24, 2.45) is 0 Å². The van der Waals surface area contributed by atoms with Gasteiger partial charge in [-0.25, -0.2) is 4.79 Å². The molecule has 0 spiro atoms. The van der Waals surface area contributed by atoms with E-state index in [2.05, 4.69) is 6.58 Å². The van der Waals surface area contributed by atoms with E-state index in [9.17, 15) is 9.90 Å². The van der Waals surface area contributed by atoms with Gasteiger partial charge >= 0.3 is 5.97 Å². The van der Waals surface area contributed by atoms with Crippen LogP contribution < -0.4 is 0 Å². The summed E-state index contributed by atoms with van der Waals surface area (Å²) in [7, 11) is 0. The van der Waals surface area contributed by atoms with E-state index in [1.54, 1.807) is 0 Å². The minimum atomic E-state index is -0.507. The third kappa shape index (κ3) is 3.89. The van der Waals surface area contributed by atoms with E-state index < -0.39 is 12.1 Å². The molecule has 0 aromatic heterocycles. The largest absolute Gasteiger partial charge is 0.459 e. The van der Waals surface area contributed by atoms with Crippen LogP contribution in [0.25, 0.3) is 0 Å². The van der Waals surface area contributed by atoms with E-state index in [0.29, 0.717) is 25.2 Å². The molecule has 1 saturated heterocycles. The molecule has 0 bridgehead atoms. The molecule has 1 heterocycles. The van der Waals surface area contributed by atoms with Crippen LogP contribution in [0.1, 0.15) is 19.8 Å². The molecule has 2 unspecified atom stereocenters. The van der Waals surface area contributed by atoms with Gasteiger partial charge in [0.1, 0.15) is 12.7 Å². The first-order valence-electron chi connectivity index (χ1n) is 4.78. The fourth-order valence-corrected chi connectivity index (χ4v) is 0.947. The maximum absolute atomic E-state index is 11.2. The van der Waals surface area contributed by atoms with Gasteiger partial charge in [0.2, 0.25) is 0 Å². The maximum atomic E-state index is 11.2. The third-order valence-corrected chi connectivity index (χ3v) is 2.04. The average Bonchev–Trinajstić information content (AvgIpc) is 2.97. The minimum absolute atomic E-state index is 0.0721. The summed E-state index contributed by atoms with van der Waals surface area (Å²) in [6.45, 7) is 6.37. The van der Waals surface area contributed by atoms with Crippen molar-refractivity contribution in [1.29, 1.82) is 0 Å². The second kappa shape index (κ2) is 5.12. The van der Waals surface area contributed by atoms with Gasteiger partial charge in [-0.05, 0) is 6.42 Å². The van der Waals surface area contributed by atoms with Crippen molar-refractivity contribution >= 4 is 5.97 Å². The van der Waals surface area contributed by atoms with E-state index in [1.165, 1.54) is 0 Å².